The van der Waals surface area contributed by atoms with Gasteiger partial charge in [-0.15, -0.1) is 0 Å². The summed E-state index contributed by atoms with van der Waals surface area (Å²) < 4.78 is 6.88. The van der Waals surface area contributed by atoms with Crippen LogP contribution in [0.5, 0.6) is 5.75 Å². The Morgan fingerprint density at radius 1 is 1.38 bits per heavy atom. The number of benzene rings is 1. The molecular weight excluding hydrogens is 306 g/mol. The lowest BCUT2D eigenvalue weighted by molar-refractivity contribution is 0.0928. The molecule has 0 spiro atoms. The fourth-order valence-corrected chi connectivity index (χ4v) is 2.96. The van der Waals surface area contributed by atoms with Gasteiger partial charge in [0.05, 0.1) is 13.2 Å². The molecule has 2 heterocycles. The van der Waals surface area contributed by atoms with E-state index in [1.807, 2.05) is 32.0 Å². The van der Waals surface area contributed by atoms with Crippen LogP contribution in [0.4, 0.5) is 0 Å². The molecule has 1 aliphatic rings. The van der Waals surface area contributed by atoms with E-state index in [0.717, 1.165) is 23.3 Å². The van der Waals surface area contributed by atoms with Crippen LogP contribution in [0.15, 0.2) is 24.3 Å². The summed E-state index contributed by atoms with van der Waals surface area (Å²) in [6, 6.07) is 7.23. The largest absolute Gasteiger partial charge is 0.496 e. The molecule has 0 bridgehead atoms. The van der Waals surface area contributed by atoms with E-state index >= 15 is 0 Å². The third kappa shape index (κ3) is 3.04. The Kier molecular flexibility index (Phi) is 4.38. The van der Waals surface area contributed by atoms with E-state index in [2.05, 4.69) is 10.4 Å². The molecule has 1 aromatic heterocycles. The number of hydrogen-bond donors (Lipinski definition) is 1. The van der Waals surface area contributed by atoms with Crippen molar-refractivity contribution in [3.8, 4) is 5.75 Å². The standard InChI is InChI=1S/C18H21N3O3/c1-11-9-13(6-7-17(11)24-3)12(2)19-18(23)14-10-15-16(22)5-4-8-21(15)20-14/h6-7,9-10,12H,4-5,8H2,1-3H3,(H,19,23)/t12-/m1/s1. The summed E-state index contributed by atoms with van der Waals surface area (Å²) in [7, 11) is 1.63. The zero-order chi connectivity index (χ0) is 17.3. The fraction of sp³-hybridized carbons (Fsp3) is 0.389. The van der Waals surface area contributed by atoms with Gasteiger partial charge in [0, 0.05) is 19.0 Å². The van der Waals surface area contributed by atoms with Gasteiger partial charge >= 0.3 is 0 Å². The molecule has 2 aromatic rings. The first kappa shape index (κ1) is 16.2. The molecule has 3 rings (SSSR count). The predicted molar refractivity (Wildman–Crippen MR) is 89.4 cm³/mol. The number of carbonyl (C=O) groups is 2. The third-order valence-electron chi connectivity index (χ3n) is 4.34. The zero-order valence-corrected chi connectivity index (χ0v) is 14.1. The molecule has 6 heteroatoms. The number of aryl methyl sites for hydroxylation is 2. The Hall–Kier alpha value is -2.63. The Bertz CT molecular complexity index is 795. The van der Waals surface area contributed by atoms with Crippen molar-refractivity contribution in [1.82, 2.24) is 15.1 Å². The molecule has 0 fully saturated rings. The number of nitrogens with one attached hydrogen (secondary N) is 1. The first-order chi connectivity index (χ1) is 11.5. The van der Waals surface area contributed by atoms with Gasteiger partial charge < -0.3 is 10.1 Å². The van der Waals surface area contributed by atoms with E-state index in [0.29, 0.717) is 18.7 Å². The van der Waals surface area contributed by atoms with E-state index in [1.54, 1.807) is 17.9 Å². The molecule has 1 amide bonds. The number of rotatable bonds is 4. The second-order valence-electron chi connectivity index (χ2n) is 6.09. The van der Waals surface area contributed by atoms with Crippen LogP contribution < -0.4 is 10.1 Å². The van der Waals surface area contributed by atoms with Crippen molar-refractivity contribution in [2.45, 2.75) is 39.3 Å². The van der Waals surface area contributed by atoms with Crippen molar-refractivity contribution < 1.29 is 14.3 Å². The van der Waals surface area contributed by atoms with Crippen molar-refractivity contribution in [1.29, 1.82) is 0 Å². The number of ether oxygens (including phenoxy) is 1. The second kappa shape index (κ2) is 6.47. The van der Waals surface area contributed by atoms with E-state index in [-0.39, 0.29) is 23.4 Å². The third-order valence-corrected chi connectivity index (χ3v) is 4.34. The summed E-state index contributed by atoms with van der Waals surface area (Å²) in [4.78, 5) is 24.3. The van der Waals surface area contributed by atoms with Gasteiger partial charge in [0.15, 0.2) is 11.5 Å². The normalized spacial score (nSPS) is 14.9. The maximum atomic E-state index is 12.4. The Morgan fingerprint density at radius 3 is 2.83 bits per heavy atom. The van der Waals surface area contributed by atoms with E-state index in [4.69, 9.17) is 4.74 Å². The lowest BCUT2D eigenvalue weighted by Crippen LogP contribution is -2.27. The van der Waals surface area contributed by atoms with Crippen LogP contribution in [-0.4, -0.2) is 28.6 Å². The molecule has 1 N–H and O–H groups in total. The van der Waals surface area contributed by atoms with Gasteiger partial charge in [-0.05, 0) is 37.5 Å². The zero-order valence-electron chi connectivity index (χ0n) is 14.1. The molecule has 1 aliphatic heterocycles. The summed E-state index contributed by atoms with van der Waals surface area (Å²) in [5.41, 5.74) is 2.82. The highest BCUT2D eigenvalue weighted by molar-refractivity contribution is 5.99. The number of nitrogens with zero attached hydrogens (tertiary/aromatic N) is 2. The monoisotopic (exact) mass is 327 g/mol. The van der Waals surface area contributed by atoms with Crippen LogP contribution in [0.25, 0.3) is 0 Å². The lowest BCUT2D eigenvalue weighted by Gasteiger charge is -2.15. The molecule has 6 nitrogen and oxygen atoms in total. The van der Waals surface area contributed by atoms with Crippen LogP contribution in [0.2, 0.25) is 0 Å². The van der Waals surface area contributed by atoms with Crippen LogP contribution >= 0.6 is 0 Å². The smallest absolute Gasteiger partial charge is 0.272 e. The predicted octanol–water partition coefficient (Wildman–Crippen LogP) is 2.67. The second-order valence-corrected chi connectivity index (χ2v) is 6.09. The SMILES string of the molecule is COc1ccc([C@@H](C)NC(=O)c2cc3n(n2)CCCC3=O)cc1C. The first-order valence-corrected chi connectivity index (χ1v) is 8.06. The molecule has 0 aliphatic carbocycles. The van der Waals surface area contributed by atoms with E-state index < -0.39 is 0 Å². The molecular formula is C18H21N3O3. The highest BCUT2D eigenvalue weighted by atomic mass is 16.5. The first-order valence-electron chi connectivity index (χ1n) is 8.06. The minimum atomic E-state index is -0.273. The van der Waals surface area contributed by atoms with Crippen molar-refractivity contribution in [2.24, 2.45) is 0 Å². The number of fused-ring (bicyclic) bond motifs is 1. The van der Waals surface area contributed by atoms with Crippen molar-refractivity contribution in [3.05, 3.63) is 46.8 Å². The summed E-state index contributed by atoms with van der Waals surface area (Å²) in [6.45, 7) is 4.56. The van der Waals surface area contributed by atoms with Crippen LogP contribution in [0.3, 0.4) is 0 Å². The molecule has 0 radical (unpaired) electrons. The maximum Gasteiger partial charge on any atom is 0.272 e. The van der Waals surface area contributed by atoms with Gasteiger partial charge in [-0.2, -0.15) is 5.10 Å². The number of Topliss-reactive ketones (excluding diaryl/α,β-unsaturated/α-hetero) is 1. The van der Waals surface area contributed by atoms with Gasteiger partial charge in [-0.3, -0.25) is 14.3 Å². The number of carbonyl (C=O) groups excluding carboxylic acids is 2. The van der Waals surface area contributed by atoms with Crippen LogP contribution in [0, 0.1) is 6.92 Å². The van der Waals surface area contributed by atoms with Gasteiger partial charge in [-0.1, -0.05) is 12.1 Å². The number of hydrogen-bond acceptors (Lipinski definition) is 4. The fourth-order valence-electron chi connectivity index (χ4n) is 2.96. The molecule has 1 atom stereocenters. The van der Waals surface area contributed by atoms with Gasteiger partial charge in [0.2, 0.25) is 0 Å². The maximum absolute atomic E-state index is 12.4. The number of ketones is 1. The van der Waals surface area contributed by atoms with Crippen LogP contribution in [-0.2, 0) is 6.54 Å². The minimum Gasteiger partial charge on any atom is -0.496 e. The lowest BCUT2D eigenvalue weighted by atomic mass is 10.0. The molecule has 126 valence electrons. The van der Waals surface area contributed by atoms with E-state index in [1.165, 1.54) is 0 Å². The molecule has 0 unspecified atom stereocenters. The van der Waals surface area contributed by atoms with Crippen LogP contribution in [0.1, 0.15) is 57.9 Å². The van der Waals surface area contributed by atoms with Crippen molar-refractivity contribution >= 4 is 11.7 Å². The van der Waals surface area contributed by atoms with E-state index in [9.17, 15) is 9.59 Å². The quantitative estimate of drug-likeness (QED) is 0.937. The summed E-state index contributed by atoms with van der Waals surface area (Å²) in [6.07, 6.45) is 1.30. The summed E-state index contributed by atoms with van der Waals surface area (Å²) in [5.74, 6) is 0.592. The Labute approximate surface area is 140 Å². The average molecular weight is 327 g/mol. The average Bonchev–Trinajstić information content (AvgIpc) is 3.00. The molecule has 0 saturated heterocycles. The highest BCUT2D eigenvalue weighted by Gasteiger charge is 2.23. The topological polar surface area (TPSA) is 73.2 Å². The van der Waals surface area contributed by atoms with Gasteiger partial charge in [-0.25, -0.2) is 0 Å². The van der Waals surface area contributed by atoms with Gasteiger partial charge in [0.1, 0.15) is 11.4 Å². The highest BCUT2D eigenvalue weighted by Crippen LogP contribution is 2.23. The molecule has 24 heavy (non-hydrogen) atoms. The Morgan fingerprint density at radius 2 is 2.17 bits per heavy atom. The number of aromatic nitrogens is 2. The van der Waals surface area contributed by atoms with Gasteiger partial charge in [0.25, 0.3) is 5.91 Å². The molecule has 0 saturated carbocycles. The summed E-state index contributed by atoms with van der Waals surface area (Å²) in [5, 5.41) is 7.19. The number of amides is 1. The summed E-state index contributed by atoms with van der Waals surface area (Å²) >= 11 is 0. The number of methoxy groups -OCH3 is 1. The van der Waals surface area contributed by atoms with Crippen molar-refractivity contribution in [2.75, 3.05) is 7.11 Å². The minimum absolute atomic E-state index is 0.0478. The Balaban J connectivity index is 1.75. The van der Waals surface area contributed by atoms with Crippen molar-refractivity contribution in [3.63, 3.8) is 0 Å². The molecule has 1 aromatic carbocycles.